The molecule has 0 bridgehead atoms. The second-order valence-corrected chi connectivity index (χ2v) is 4.76. The smallest absolute Gasteiger partial charge is 0.227 e. The van der Waals surface area contributed by atoms with Crippen molar-refractivity contribution >= 4 is 5.91 Å². The van der Waals surface area contributed by atoms with Crippen LogP contribution in [0.25, 0.3) is 0 Å². The number of carbonyl (C=O) groups is 1. The van der Waals surface area contributed by atoms with Crippen LogP contribution in [0.3, 0.4) is 0 Å². The molecule has 5 nitrogen and oxygen atoms in total. The Morgan fingerprint density at radius 2 is 2.11 bits per heavy atom. The third-order valence-electron chi connectivity index (χ3n) is 3.33. The minimum Gasteiger partial charge on any atom is -0.343 e. The number of aryl methyl sites for hydroxylation is 1. The van der Waals surface area contributed by atoms with E-state index in [1.165, 1.54) is 0 Å². The van der Waals surface area contributed by atoms with Gasteiger partial charge in [0.1, 0.15) is 0 Å². The monoisotopic (exact) mass is 266 g/mol. The van der Waals surface area contributed by atoms with Crippen LogP contribution >= 0.6 is 0 Å². The highest BCUT2D eigenvalue weighted by Gasteiger charge is 2.22. The number of rotatable bonds is 8. The molecule has 1 atom stereocenters. The van der Waals surface area contributed by atoms with Gasteiger partial charge in [-0.1, -0.05) is 6.92 Å². The molecule has 0 fully saturated rings. The molecule has 0 aliphatic heterocycles. The van der Waals surface area contributed by atoms with Gasteiger partial charge < -0.3 is 10.6 Å². The third-order valence-corrected chi connectivity index (χ3v) is 3.33. The second-order valence-electron chi connectivity index (χ2n) is 4.76. The van der Waals surface area contributed by atoms with Crippen molar-refractivity contribution in [3.8, 4) is 0 Å². The fraction of sp³-hybridized carbons (Fsp3) is 0.714. The molecular formula is C14H26N4O. The van der Waals surface area contributed by atoms with Crippen LogP contribution in [0.1, 0.15) is 32.8 Å². The van der Waals surface area contributed by atoms with E-state index in [4.69, 9.17) is 5.73 Å². The molecule has 2 N–H and O–H groups in total. The number of carbonyl (C=O) groups excluding carboxylic acids is 1. The first-order valence-electron chi connectivity index (χ1n) is 7.16. The van der Waals surface area contributed by atoms with Crippen molar-refractivity contribution in [2.45, 2.75) is 40.2 Å². The molecule has 1 unspecified atom stereocenters. The van der Waals surface area contributed by atoms with Gasteiger partial charge in [-0.2, -0.15) is 5.10 Å². The van der Waals surface area contributed by atoms with Gasteiger partial charge in [-0.25, -0.2) is 0 Å². The van der Waals surface area contributed by atoms with Gasteiger partial charge in [0.2, 0.25) is 5.91 Å². The lowest BCUT2D eigenvalue weighted by atomic mass is 10.00. The lowest BCUT2D eigenvalue weighted by Crippen LogP contribution is -2.39. The lowest BCUT2D eigenvalue weighted by molar-refractivity contribution is -0.134. The van der Waals surface area contributed by atoms with Gasteiger partial charge in [0.25, 0.3) is 0 Å². The quantitative estimate of drug-likeness (QED) is 0.771. The Hall–Kier alpha value is -1.36. The lowest BCUT2D eigenvalue weighted by Gasteiger charge is -2.24. The van der Waals surface area contributed by atoms with Crippen molar-refractivity contribution in [3.63, 3.8) is 0 Å². The van der Waals surface area contributed by atoms with E-state index in [1.807, 2.05) is 35.8 Å². The van der Waals surface area contributed by atoms with Crippen molar-refractivity contribution in [3.05, 3.63) is 18.0 Å². The highest BCUT2D eigenvalue weighted by atomic mass is 16.2. The number of hydrogen-bond acceptors (Lipinski definition) is 3. The maximum absolute atomic E-state index is 12.3. The van der Waals surface area contributed by atoms with Crippen LogP contribution in [0.5, 0.6) is 0 Å². The maximum atomic E-state index is 12.3. The molecule has 1 heterocycles. The van der Waals surface area contributed by atoms with E-state index < -0.39 is 0 Å². The standard InChI is InChI=1S/C14H26N4O/c1-4-7-18-11-12(10-16-18)8-13(9-15)14(19)17(5-2)6-3/h10-11,13H,4-9,15H2,1-3H3. The SMILES string of the molecule is CCCn1cc(CC(CN)C(=O)N(CC)CC)cn1. The number of aromatic nitrogens is 2. The Labute approximate surface area is 115 Å². The topological polar surface area (TPSA) is 64.2 Å². The average Bonchev–Trinajstić information content (AvgIpc) is 2.85. The van der Waals surface area contributed by atoms with Crippen LogP contribution in [0.2, 0.25) is 0 Å². The molecule has 1 rings (SSSR count). The summed E-state index contributed by atoms with van der Waals surface area (Å²) in [6.45, 7) is 8.88. The molecule has 0 spiro atoms. The highest BCUT2D eigenvalue weighted by Crippen LogP contribution is 2.11. The number of nitrogens with two attached hydrogens (primary N) is 1. The van der Waals surface area contributed by atoms with Crippen molar-refractivity contribution < 1.29 is 4.79 Å². The summed E-state index contributed by atoms with van der Waals surface area (Å²) in [5.74, 6) is 0.00918. The molecular weight excluding hydrogens is 240 g/mol. The zero-order chi connectivity index (χ0) is 14.3. The maximum Gasteiger partial charge on any atom is 0.227 e. The summed E-state index contributed by atoms with van der Waals surface area (Å²) in [7, 11) is 0. The van der Waals surface area contributed by atoms with Crippen molar-refractivity contribution in [1.82, 2.24) is 14.7 Å². The normalized spacial score (nSPS) is 12.4. The fourth-order valence-electron chi connectivity index (χ4n) is 2.21. The van der Waals surface area contributed by atoms with Crippen LogP contribution < -0.4 is 5.73 Å². The predicted octanol–water partition coefficient (Wildman–Crippen LogP) is 1.28. The van der Waals surface area contributed by atoms with Crippen LogP contribution in [0.4, 0.5) is 0 Å². The van der Waals surface area contributed by atoms with Crippen LogP contribution in [0.15, 0.2) is 12.4 Å². The van der Waals surface area contributed by atoms with Crippen molar-refractivity contribution in [2.75, 3.05) is 19.6 Å². The molecule has 1 aromatic heterocycles. The van der Waals surface area contributed by atoms with Crippen LogP contribution in [-0.2, 0) is 17.8 Å². The summed E-state index contributed by atoms with van der Waals surface area (Å²) < 4.78 is 1.92. The Bertz CT molecular complexity index is 385. The summed E-state index contributed by atoms with van der Waals surface area (Å²) >= 11 is 0. The van der Waals surface area contributed by atoms with Gasteiger partial charge in [0.05, 0.1) is 12.1 Å². The van der Waals surface area contributed by atoms with Gasteiger partial charge in [-0.05, 0) is 32.3 Å². The highest BCUT2D eigenvalue weighted by molar-refractivity contribution is 5.79. The Morgan fingerprint density at radius 3 is 2.63 bits per heavy atom. The van der Waals surface area contributed by atoms with E-state index in [0.29, 0.717) is 13.0 Å². The molecule has 0 saturated heterocycles. The van der Waals surface area contributed by atoms with Gasteiger partial charge in [-0.3, -0.25) is 9.48 Å². The molecule has 0 aliphatic carbocycles. The van der Waals surface area contributed by atoms with Crippen LogP contribution in [-0.4, -0.2) is 40.2 Å². The van der Waals surface area contributed by atoms with Crippen molar-refractivity contribution in [1.29, 1.82) is 0 Å². The zero-order valence-corrected chi connectivity index (χ0v) is 12.3. The van der Waals surface area contributed by atoms with Gasteiger partial charge in [0.15, 0.2) is 0 Å². The average molecular weight is 266 g/mol. The summed E-state index contributed by atoms with van der Waals surface area (Å²) in [4.78, 5) is 14.1. The zero-order valence-electron chi connectivity index (χ0n) is 12.3. The third kappa shape index (κ3) is 4.35. The Morgan fingerprint density at radius 1 is 1.42 bits per heavy atom. The van der Waals surface area contributed by atoms with Crippen LogP contribution in [0, 0.1) is 5.92 Å². The fourth-order valence-corrected chi connectivity index (χ4v) is 2.21. The molecule has 5 heteroatoms. The Balaban J connectivity index is 2.67. The second kappa shape index (κ2) is 7.94. The van der Waals surface area contributed by atoms with Crippen molar-refractivity contribution in [2.24, 2.45) is 11.7 Å². The molecule has 0 aliphatic rings. The first kappa shape index (κ1) is 15.7. The summed E-state index contributed by atoms with van der Waals surface area (Å²) in [5, 5.41) is 4.29. The molecule has 19 heavy (non-hydrogen) atoms. The predicted molar refractivity (Wildman–Crippen MR) is 76.7 cm³/mol. The van der Waals surface area contributed by atoms with E-state index in [-0.39, 0.29) is 11.8 Å². The minimum atomic E-state index is -0.140. The van der Waals surface area contributed by atoms with E-state index >= 15 is 0 Å². The molecule has 1 aromatic rings. The van der Waals surface area contributed by atoms with E-state index in [2.05, 4.69) is 12.0 Å². The molecule has 0 saturated carbocycles. The van der Waals surface area contributed by atoms with E-state index in [0.717, 1.165) is 31.6 Å². The number of nitrogens with zero attached hydrogens (tertiary/aromatic N) is 3. The van der Waals surface area contributed by atoms with Gasteiger partial charge >= 0.3 is 0 Å². The minimum absolute atomic E-state index is 0.140. The first-order chi connectivity index (χ1) is 9.15. The number of hydrogen-bond donors (Lipinski definition) is 1. The Kier molecular flexibility index (Phi) is 6.56. The van der Waals surface area contributed by atoms with Gasteiger partial charge in [0, 0.05) is 32.4 Å². The van der Waals surface area contributed by atoms with E-state index in [9.17, 15) is 4.79 Å². The largest absolute Gasteiger partial charge is 0.343 e. The number of amides is 1. The molecule has 0 aromatic carbocycles. The molecule has 0 radical (unpaired) electrons. The summed E-state index contributed by atoms with van der Waals surface area (Å²) in [6, 6.07) is 0. The molecule has 1 amide bonds. The summed E-state index contributed by atoms with van der Waals surface area (Å²) in [5.41, 5.74) is 6.85. The summed E-state index contributed by atoms with van der Waals surface area (Å²) in [6.07, 6.45) is 5.59. The molecule has 108 valence electrons. The first-order valence-corrected chi connectivity index (χ1v) is 7.16. The van der Waals surface area contributed by atoms with E-state index in [1.54, 1.807) is 0 Å². The van der Waals surface area contributed by atoms with Gasteiger partial charge in [-0.15, -0.1) is 0 Å².